The van der Waals surface area contributed by atoms with E-state index in [1.807, 2.05) is 12.1 Å². The monoisotopic (exact) mass is 457 g/mol. The molecule has 1 saturated carbocycles. The molecule has 0 aromatic carbocycles. The zero-order valence-corrected chi connectivity index (χ0v) is 18.7. The first-order valence-corrected chi connectivity index (χ1v) is 11.3. The van der Waals surface area contributed by atoms with Crippen molar-refractivity contribution in [3.8, 4) is 11.6 Å². The first-order chi connectivity index (χ1) is 16.2. The summed E-state index contributed by atoms with van der Waals surface area (Å²) in [7, 11) is 1.58. The number of anilines is 1. The molecule has 4 heterocycles. The number of nitrogens with zero attached hydrogens (tertiary/aromatic N) is 5. The first kappa shape index (κ1) is 21.8. The Labute approximate surface area is 191 Å². The van der Waals surface area contributed by atoms with E-state index >= 15 is 0 Å². The maximum atomic E-state index is 13.3. The molecule has 0 radical (unpaired) electrons. The van der Waals surface area contributed by atoms with E-state index in [4.69, 9.17) is 23.9 Å². The zero-order valence-electron chi connectivity index (χ0n) is 18.7. The van der Waals surface area contributed by atoms with Gasteiger partial charge in [0.15, 0.2) is 12.6 Å². The molecular formula is C23H28FN5O4. The SMILES string of the molecule is COCOc1cnc2cc(N3CCOCC3)nc(OC3CCC(n4cc(F)cn4)CC3)c2c1. The molecule has 5 rings (SSSR count). The molecule has 0 bridgehead atoms. The Bertz CT molecular complexity index is 1080. The van der Waals surface area contributed by atoms with Crippen LogP contribution in [0.15, 0.2) is 30.7 Å². The zero-order chi connectivity index (χ0) is 22.6. The van der Waals surface area contributed by atoms with Gasteiger partial charge in [-0.25, -0.2) is 4.39 Å². The third kappa shape index (κ3) is 5.01. The van der Waals surface area contributed by atoms with Gasteiger partial charge in [0.2, 0.25) is 5.88 Å². The van der Waals surface area contributed by atoms with E-state index in [1.54, 1.807) is 18.0 Å². The van der Waals surface area contributed by atoms with Gasteiger partial charge in [-0.1, -0.05) is 0 Å². The van der Waals surface area contributed by atoms with Gasteiger partial charge in [0.05, 0.1) is 48.7 Å². The fraction of sp³-hybridized carbons (Fsp3) is 0.522. The lowest BCUT2D eigenvalue weighted by atomic mass is 9.93. The summed E-state index contributed by atoms with van der Waals surface area (Å²) >= 11 is 0. The number of pyridine rings is 2. The average Bonchev–Trinajstić information content (AvgIpc) is 3.30. The third-order valence-corrected chi connectivity index (χ3v) is 6.15. The Morgan fingerprint density at radius 3 is 2.67 bits per heavy atom. The van der Waals surface area contributed by atoms with Crippen LogP contribution in [0, 0.1) is 5.82 Å². The summed E-state index contributed by atoms with van der Waals surface area (Å²) in [5, 5.41) is 4.93. The van der Waals surface area contributed by atoms with Gasteiger partial charge in [0.25, 0.3) is 0 Å². The minimum Gasteiger partial charge on any atom is -0.474 e. The maximum absolute atomic E-state index is 13.3. The van der Waals surface area contributed by atoms with Gasteiger partial charge >= 0.3 is 0 Å². The predicted molar refractivity (Wildman–Crippen MR) is 119 cm³/mol. The normalized spacial score (nSPS) is 21.3. The molecule has 2 fully saturated rings. The quantitative estimate of drug-likeness (QED) is 0.500. The van der Waals surface area contributed by atoms with Crippen molar-refractivity contribution < 1.29 is 23.3 Å². The summed E-state index contributed by atoms with van der Waals surface area (Å²) in [5.74, 6) is 1.68. The summed E-state index contributed by atoms with van der Waals surface area (Å²) in [4.78, 5) is 11.7. The lowest BCUT2D eigenvalue weighted by molar-refractivity contribution is 0.0509. The van der Waals surface area contributed by atoms with E-state index < -0.39 is 0 Å². The molecule has 3 aromatic heterocycles. The van der Waals surface area contributed by atoms with Gasteiger partial charge in [0, 0.05) is 26.3 Å². The van der Waals surface area contributed by atoms with Crippen LogP contribution < -0.4 is 14.4 Å². The van der Waals surface area contributed by atoms with Crippen LogP contribution in [0.25, 0.3) is 10.9 Å². The Balaban J connectivity index is 1.38. The number of morpholine rings is 1. The number of hydrogen-bond donors (Lipinski definition) is 0. The molecule has 0 spiro atoms. The Morgan fingerprint density at radius 1 is 1.12 bits per heavy atom. The number of halogens is 1. The van der Waals surface area contributed by atoms with Gasteiger partial charge in [0.1, 0.15) is 17.7 Å². The van der Waals surface area contributed by atoms with Crippen molar-refractivity contribution in [1.82, 2.24) is 19.7 Å². The highest BCUT2D eigenvalue weighted by Gasteiger charge is 2.26. The second-order valence-corrected chi connectivity index (χ2v) is 8.36. The molecule has 1 aliphatic carbocycles. The summed E-state index contributed by atoms with van der Waals surface area (Å²) in [6.45, 7) is 3.04. The van der Waals surface area contributed by atoms with Gasteiger partial charge in [-0.3, -0.25) is 9.67 Å². The Morgan fingerprint density at radius 2 is 1.94 bits per heavy atom. The highest BCUT2D eigenvalue weighted by Crippen LogP contribution is 2.35. The fourth-order valence-corrected chi connectivity index (χ4v) is 4.41. The second-order valence-electron chi connectivity index (χ2n) is 8.36. The highest BCUT2D eigenvalue weighted by atomic mass is 19.1. The molecule has 0 atom stereocenters. The summed E-state index contributed by atoms with van der Waals surface area (Å²) in [6, 6.07) is 4.07. The van der Waals surface area contributed by atoms with Crippen LogP contribution in [-0.2, 0) is 9.47 Å². The van der Waals surface area contributed by atoms with E-state index in [0.717, 1.165) is 55.5 Å². The van der Waals surface area contributed by atoms with E-state index in [-0.39, 0.29) is 24.8 Å². The van der Waals surface area contributed by atoms with Crippen molar-refractivity contribution in [2.75, 3.05) is 45.1 Å². The van der Waals surface area contributed by atoms with Crippen LogP contribution in [-0.4, -0.2) is 66.1 Å². The lowest BCUT2D eigenvalue weighted by Gasteiger charge is -2.30. The third-order valence-electron chi connectivity index (χ3n) is 6.15. The standard InChI is InChI=1S/C23H28FN5O4/c1-30-15-32-19-10-20-21(25-13-19)11-22(28-6-8-31-9-7-28)27-23(20)33-18-4-2-17(3-5-18)29-14-16(24)12-26-29/h10-14,17-18H,2-9,15H2,1H3. The van der Waals surface area contributed by atoms with Crippen LogP contribution in [0.5, 0.6) is 11.6 Å². The van der Waals surface area contributed by atoms with Crippen molar-refractivity contribution in [2.24, 2.45) is 0 Å². The van der Waals surface area contributed by atoms with Crippen molar-refractivity contribution in [3.05, 3.63) is 36.5 Å². The molecule has 0 unspecified atom stereocenters. The number of ether oxygens (including phenoxy) is 4. The predicted octanol–water partition coefficient (Wildman–Crippen LogP) is 3.35. The summed E-state index contributed by atoms with van der Waals surface area (Å²) < 4.78 is 37.6. The topological polar surface area (TPSA) is 83.8 Å². The second kappa shape index (κ2) is 9.88. The van der Waals surface area contributed by atoms with Crippen LogP contribution in [0.2, 0.25) is 0 Å². The molecule has 1 saturated heterocycles. The molecule has 1 aliphatic heterocycles. The molecule has 176 valence electrons. The molecule has 0 amide bonds. The van der Waals surface area contributed by atoms with Crippen molar-refractivity contribution in [2.45, 2.75) is 37.8 Å². The van der Waals surface area contributed by atoms with Crippen molar-refractivity contribution in [1.29, 1.82) is 0 Å². The smallest absolute Gasteiger partial charge is 0.225 e. The lowest BCUT2D eigenvalue weighted by Crippen LogP contribution is -2.36. The van der Waals surface area contributed by atoms with Gasteiger partial charge in [-0.05, 0) is 31.7 Å². The largest absolute Gasteiger partial charge is 0.474 e. The van der Waals surface area contributed by atoms with Crippen LogP contribution in [0.4, 0.5) is 10.2 Å². The molecule has 33 heavy (non-hydrogen) atoms. The van der Waals surface area contributed by atoms with E-state index in [0.29, 0.717) is 24.8 Å². The fourth-order valence-electron chi connectivity index (χ4n) is 4.41. The Kier molecular flexibility index (Phi) is 6.54. The van der Waals surface area contributed by atoms with E-state index in [1.165, 1.54) is 12.4 Å². The molecule has 9 nitrogen and oxygen atoms in total. The van der Waals surface area contributed by atoms with Gasteiger partial charge < -0.3 is 23.8 Å². The molecule has 2 aliphatic rings. The van der Waals surface area contributed by atoms with Crippen molar-refractivity contribution in [3.63, 3.8) is 0 Å². The minimum absolute atomic E-state index is 0.0147. The number of hydrogen-bond acceptors (Lipinski definition) is 8. The van der Waals surface area contributed by atoms with E-state index in [9.17, 15) is 4.39 Å². The number of rotatable bonds is 7. The Hall–Kier alpha value is -2.98. The molecule has 0 N–H and O–H groups in total. The number of methoxy groups -OCH3 is 1. The minimum atomic E-state index is -0.303. The first-order valence-electron chi connectivity index (χ1n) is 11.3. The van der Waals surface area contributed by atoms with Crippen molar-refractivity contribution >= 4 is 16.7 Å². The van der Waals surface area contributed by atoms with E-state index in [2.05, 4.69) is 15.0 Å². The number of aromatic nitrogens is 4. The van der Waals surface area contributed by atoms with Crippen LogP contribution in [0.3, 0.4) is 0 Å². The molecular weight excluding hydrogens is 429 g/mol. The van der Waals surface area contributed by atoms with Crippen LogP contribution in [0.1, 0.15) is 31.7 Å². The van der Waals surface area contributed by atoms with Gasteiger partial charge in [-0.15, -0.1) is 0 Å². The summed E-state index contributed by atoms with van der Waals surface area (Å²) in [5.41, 5.74) is 0.798. The van der Waals surface area contributed by atoms with Crippen LogP contribution >= 0.6 is 0 Å². The average molecular weight is 458 g/mol. The highest BCUT2D eigenvalue weighted by molar-refractivity contribution is 5.87. The van der Waals surface area contributed by atoms with Gasteiger partial charge in [-0.2, -0.15) is 10.1 Å². The molecule has 10 heteroatoms. The summed E-state index contributed by atoms with van der Waals surface area (Å²) in [6.07, 6.45) is 7.82. The maximum Gasteiger partial charge on any atom is 0.225 e. The number of fused-ring (bicyclic) bond motifs is 1. The molecule has 3 aromatic rings.